The van der Waals surface area contributed by atoms with Crippen molar-refractivity contribution in [2.75, 3.05) is 0 Å². The third-order valence-electron chi connectivity index (χ3n) is 8.08. The van der Waals surface area contributed by atoms with E-state index in [0.717, 1.165) is 30.6 Å². The lowest BCUT2D eigenvalue weighted by atomic mass is 9.61. The van der Waals surface area contributed by atoms with Crippen LogP contribution in [0.25, 0.3) is 0 Å². The number of fused-ring (bicyclic) bond motifs is 2. The van der Waals surface area contributed by atoms with Crippen LogP contribution in [0.3, 0.4) is 0 Å². The number of hydrogen-bond acceptors (Lipinski definition) is 0. The second kappa shape index (κ2) is 9.09. The predicted molar refractivity (Wildman–Crippen MR) is 113 cm³/mol. The van der Waals surface area contributed by atoms with Crippen molar-refractivity contribution in [1.29, 1.82) is 0 Å². The highest BCUT2D eigenvalue weighted by Crippen LogP contribution is 2.48. The highest BCUT2D eigenvalue weighted by Gasteiger charge is 2.38. The molecule has 2 saturated carbocycles. The van der Waals surface area contributed by atoms with Gasteiger partial charge in [0.15, 0.2) is 0 Å². The quantitative estimate of drug-likeness (QED) is 0.485. The maximum absolute atomic E-state index is 12.6. The highest BCUT2D eigenvalue weighted by atomic mass is 19.3. The molecule has 0 saturated heterocycles. The van der Waals surface area contributed by atoms with Crippen molar-refractivity contribution in [3.8, 4) is 0 Å². The summed E-state index contributed by atoms with van der Waals surface area (Å²) in [7, 11) is 0. The van der Waals surface area contributed by atoms with Gasteiger partial charge in [0.1, 0.15) is 0 Å². The molecular formula is C26H36F2. The second-order valence-corrected chi connectivity index (χ2v) is 9.83. The zero-order valence-electron chi connectivity index (χ0n) is 17.4. The molecule has 1 aromatic carbocycles. The molecule has 0 radical (unpaired) electrons. The number of unbranched alkanes of at least 4 members (excludes halogenated alkanes) is 1. The van der Waals surface area contributed by atoms with Crippen LogP contribution >= 0.6 is 0 Å². The lowest BCUT2D eigenvalue weighted by Crippen LogP contribution is -2.34. The van der Waals surface area contributed by atoms with E-state index in [1.807, 2.05) is 0 Å². The van der Waals surface area contributed by atoms with Crippen molar-refractivity contribution in [3.63, 3.8) is 0 Å². The monoisotopic (exact) mass is 386 g/mol. The summed E-state index contributed by atoms with van der Waals surface area (Å²) in [5, 5.41) is 0. The molecule has 0 bridgehead atoms. The molecule has 4 rings (SSSR count). The van der Waals surface area contributed by atoms with Crippen LogP contribution in [0.1, 0.15) is 81.4 Å². The molecule has 2 fully saturated rings. The number of hydrogen-bond donors (Lipinski definition) is 0. The average Bonchev–Trinajstić information content (AvgIpc) is 2.71. The maximum atomic E-state index is 12.6. The molecule has 0 heterocycles. The summed E-state index contributed by atoms with van der Waals surface area (Å²) in [6.45, 7) is 2.26. The molecule has 0 N–H and O–H groups in total. The van der Waals surface area contributed by atoms with Crippen LogP contribution in [0.5, 0.6) is 0 Å². The Morgan fingerprint density at radius 1 is 0.929 bits per heavy atom. The van der Waals surface area contributed by atoms with Gasteiger partial charge in [-0.25, -0.2) is 0 Å². The molecule has 0 amide bonds. The Bertz CT molecular complexity index is 688. The summed E-state index contributed by atoms with van der Waals surface area (Å²) < 4.78 is 25.2. The Labute approximate surface area is 169 Å². The molecule has 28 heavy (non-hydrogen) atoms. The lowest BCUT2D eigenvalue weighted by molar-refractivity contribution is 0.0803. The molecule has 5 unspecified atom stereocenters. The third-order valence-corrected chi connectivity index (χ3v) is 8.08. The van der Waals surface area contributed by atoms with E-state index in [1.54, 1.807) is 11.1 Å². The number of allylic oxidation sites excluding steroid dienone is 1. The Morgan fingerprint density at radius 3 is 2.46 bits per heavy atom. The van der Waals surface area contributed by atoms with Gasteiger partial charge in [0.2, 0.25) is 0 Å². The molecule has 0 aromatic heterocycles. The summed E-state index contributed by atoms with van der Waals surface area (Å²) in [5.74, 6) is 3.33. The van der Waals surface area contributed by atoms with Crippen molar-refractivity contribution in [1.82, 2.24) is 0 Å². The molecular weight excluding hydrogens is 350 g/mol. The average molecular weight is 387 g/mol. The van der Waals surface area contributed by atoms with Gasteiger partial charge in [-0.1, -0.05) is 31.5 Å². The maximum Gasteiger partial charge on any atom is 0.266 e. The fourth-order valence-electron chi connectivity index (χ4n) is 6.49. The van der Waals surface area contributed by atoms with Crippen LogP contribution in [0.4, 0.5) is 8.78 Å². The second-order valence-electron chi connectivity index (χ2n) is 9.83. The Balaban J connectivity index is 1.34. The SMILES string of the molecule is CCCCc1ccc2c(c1)CCC(C1CCC3CC(C=C(F)F)CCC3C1)C2. The largest absolute Gasteiger partial charge is 0.266 e. The van der Waals surface area contributed by atoms with E-state index in [1.165, 1.54) is 75.8 Å². The van der Waals surface area contributed by atoms with Crippen molar-refractivity contribution in [2.45, 2.75) is 84.0 Å². The van der Waals surface area contributed by atoms with Crippen molar-refractivity contribution in [2.24, 2.45) is 29.6 Å². The first kappa shape index (κ1) is 20.1. The molecule has 3 aliphatic carbocycles. The summed E-state index contributed by atoms with van der Waals surface area (Å²) in [6, 6.07) is 7.27. The summed E-state index contributed by atoms with van der Waals surface area (Å²) in [5.41, 5.74) is 4.74. The van der Waals surface area contributed by atoms with Crippen LogP contribution in [0, 0.1) is 29.6 Å². The molecule has 5 atom stereocenters. The Kier molecular flexibility index (Phi) is 6.53. The van der Waals surface area contributed by atoms with Crippen LogP contribution in [-0.4, -0.2) is 0 Å². The van der Waals surface area contributed by atoms with Crippen molar-refractivity contribution >= 4 is 0 Å². The first-order valence-corrected chi connectivity index (χ1v) is 11.8. The minimum atomic E-state index is -1.48. The third kappa shape index (κ3) is 4.69. The molecule has 0 aliphatic heterocycles. The normalized spacial score (nSPS) is 32.3. The van der Waals surface area contributed by atoms with Crippen LogP contribution in [0.15, 0.2) is 30.4 Å². The topological polar surface area (TPSA) is 0 Å². The van der Waals surface area contributed by atoms with Crippen LogP contribution in [0.2, 0.25) is 0 Å². The van der Waals surface area contributed by atoms with Gasteiger partial charge in [0, 0.05) is 0 Å². The molecule has 1 aromatic rings. The molecule has 0 nitrogen and oxygen atoms in total. The fraction of sp³-hybridized carbons (Fsp3) is 0.692. The van der Waals surface area contributed by atoms with E-state index >= 15 is 0 Å². The van der Waals surface area contributed by atoms with Gasteiger partial charge in [-0.05, 0) is 123 Å². The van der Waals surface area contributed by atoms with E-state index < -0.39 is 6.08 Å². The van der Waals surface area contributed by atoms with Crippen LogP contribution in [-0.2, 0) is 19.3 Å². The number of benzene rings is 1. The molecule has 154 valence electrons. The number of halogens is 2. The van der Waals surface area contributed by atoms with Gasteiger partial charge < -0.3 is 0 Å². The number of aryl methyl sites for hydroxylation is 2. The molecule has 3 aliphatic rings. The Hall–Kier alpha value is -1.18. The highest BCUT2D eigenvalue weighted by molar-refractivity contribution is 5.34. The van der Waals surface area contributed by atoms with Gasteiger partial charge in [-0.3, -0.25) is 0 Å². The zero-order chi connectivity index (χ0) is 19.5. The number of rotatable bonds is 5. The minimum absolute atomic E-state index is 0.131. The van der Waals surface area contributed by atoms with E-state index in [4.69, 9.17) is 0 Å². The molecule has 2 heteroatoms. The van der Waals surface area contributed by atoms with Crippen molar-refractivity contribution < 1.29 is 8.78 Å². The fourth-order valence-corrected chi connectivity index (χ4v) is 6.49. The van der Waals surface area contributed by atoms with E-state index in [-0.39, 0.29) is 5.92 Å². The van der Waals surface area contributed by atoms with Gasteiger partial charge in [0.25, 0.3) is 6.08 Å². The van der Waals surface area contributed by atoms with Gasteiger partial charge in [0.05, 0.1) is 0 Å². The zero-order valence-corrected chi connectivity index (χ0v) is 17.4. The van der Waals surface area contributed by atoms with E-state index in [0.29, 0.717) is 5.92 Å². The van der Waals surface area contributed by atoms with Gasteiger partial charge in [-0.2, -0.15) is 8.78 Å². The van der Waals surface area contributed by atoms with Gasteiger partial charge >= 0.3 is 0 Å². The summed E-state index contributed by atoms with van der Waals surface area (Å²) >= 11 is 0. The molecule has 0 spiro atoms. The smallest absolute Gasteiger partial charge is 0.174 e. The summed E-state index contributed by atoms with van der Waals surface area (Å²) in [6.07, 6.45) is 14.5. The first-order chi connectivity index (χ1) is 13.6. The standard InChI is InChI=1S/C26H36F2/c1-2-3-4-18-5-7-22-16-24(11-9-20(22)13-18)25-12-10-21-14-19(15-26(27)28)6-8-23(21)17-25/h5,7,13,15,19,21,23-25H,2-4,6,8-12,14,16-17H2,1H3. The summed E-state index contributed by atoms with van der Waals surface area (Å²) in [4.78, 5) is 0. The van der Waals surface area contributed by atoms with Crippen LogP contribution < -0.4 is 0 Å². The van der Waals surface area contributed by atoms with Gasteiger partial charge in [-0.15, -0.1) is 0 Å². The predicted octanol–water partition coefficient (Wildman–Crippen LogP) is 7.75. The minimum Gasteiger partial charge on any atom is -0.174 e. The van der Waals surface area contributed by atoms with E-state index in [9.17, 15) is 8.78 Å². The van der Waals surface area contributed by atoms with Crippen molar-refractivity contribution in [3.05, 3.63) is 47.0 Å². The Morgan fingerprint density at radius 2 is 1.68 bits per heavy atom. The lowest BCUT2D eigenvalue weighted by Gasteiger charge is -2.44. The first-order valence-electron chi connectivity index (χ1n) is 11.8. The van der Waals surface area contributed by atoms with E-state index in [2.05, 4.69) is 25.1 Å².